The maximum atomic E-state index is 15.0. The number of fused-ring (bicyclic) bond motifs is 1. The summed E-state index contributed by atoms with van der Waals surface area (Å²) in [6, 6.07) is 9.59. The van der Waals surface area contributed by atoms with E-state index in [-0.39, 0.29) is 5.82 Å². The molecule has 128 valence electrons. The molecule has 2 aromatic rings. The molecule has 0 amide bonds. The Balaban J connectivity index is 1.75. The summed E-state index contributed by atoms with van der Waals surface area (Å²) in [7, 11) is 1.64. The minimum Gasteiger partial charge on any atom is -0.497 e. The standard InChI is InChI=1S/C22H27FO/c1-3-4-5-6-16-7-9-17(10-8-16)20-13-11-18-15-19(24-2)12-14-21(18)22(20)23/h5-6,11-17H,3-4,7-10H2,1-2H3/b6-5+. The maximum Gasteiger partial charge on any atom is 0.134 e. The first-order valence-corrected chi connectivity index (χ1v) is 9.15. The van der Waals surface area contributed by atoms with Gasteiger partial charge in [-0.1, -0.05) is 37.6 Å². The van der Waals surface area contributed by atoms with Crippen molar-refractivity contribution in [3.8, 4) is 5.75 Å². The average Bonchev–Trinajstić information content (AvgIpc) is 2.63. The molecule has 1 saturated carbocycles. The van der Waals surface area contributed by atoms with Gasteiger partial charge in [0.1, 0.15) is 11.6 Å². The third-order valence-electron chi connectivity index (χ3n) is 5.27. The topological polar surface area (TPSA) is 9.23 Å². The van der Waals surface area contributed by atoms with E-state index in [1.165, 1.54) is 25.7 Å². The van der Waals surface area contributed by atoms with Crippen molar-refractivity contribution in [2.75, 3.05) is 7.11 Å². The highest BCUT2D eigenvalue weighted by Crippen LogP contribution is 2.39. The van der Waals surface area contributed by atoms with E-state index in [0.717, 1.165) is 29.5 Å². The first-order valence-electron chi connectivity index (χ1n) is 9.15. The van der Waals surface area contributed by atoms with E-state index < -0.39 is 0 Å². The fourth-order valence-electron chi connectivity index (χ4n) is 3.81. The van der Waals surface area contributed by atoms with Crippen molar-refractivity contribution < 1.29 is 9.13 Å². The van der Waals surface area contributed by atoms with Gasteiger partial charge in [-0.3, -0.25) is 0 Å². The zero-order valence-corrected chi connectivity index (χ0v) is 14.7. The van der Waals surface area contributed by atoms with Crippen molar-refractivity contribution >= 4 is 10.8 Å². The normalized spacial score (nSPS) is 21.5. The van der Waals surface area contributed by atoms with Crippen LogP contribution < -0.4 is 4.74 Å². The zero-order chi connectivity index (χ0) is 16.9. The summed E-state index contributed by atoms with van der Waals surface area (Å²) in [5.74, 6) is 1.77. The molecule has 0 atom stereocenters. The summed E-state index contributed by atoms with van der Waals surface area (Å²) in [4.78, 5) is 0. The Labute approximate surface area is 144 Å². The molecule has 0 heterocycles. The largest absolute Gasteiger partial charge is 0.497 e. The second kappa shape index (κ2) is 7.83. The Kier molecular flexibility index (Phi) is 5.55. The van der Waals surface area contributed by atoms with Crippen LogP contribution in [0.4, 0.5) is 4.39 Å². The number of benzene rings is 2. The minimum atomic E-state index is -0.0415. The van der Waals surface area contributed by atoms with Gasteiger partial charge in [-0.05, 0) is 73.1 Å². The zero-order valence-electron chi connectivity index (χ0n) is 14.7. The number of rotatable bonds is 5. The van der Waals surface area contributed by atoms with Crippen molar-refractivity contribution in [1.82, 2.24) is 0 Å². The number of halogens is 1. The van der Waals surface area contributed by atoms with Crippen molar-refractivity contribution in [2.45, 2.75) is 51.4 Å². The molecule has 1 fully saturated rings. The molecule has 0 aliphatic heterocycles. The van der Waals surface area contributed by atoms with E-state index in [1.54, 1.807) is 7.11 Å². The van der Waals surface area contributed by atoms with Gasteiger partial charge in [-0.25, -0.2) is 4.39 Å². The molecule has 1 aliphatic carbocycles. The van der Waals surface area contributed by atoms with Gasteiger partial charge in [0, 0.05) is 5.39 Å². The van der Waals surface area contributed by atoms with Crippen molar-refractivity contribution in [2.24, 2.45) is 5.92 Å². The van der Waals surface area contributed by atoms with Crippen molar-refractivity contribution in [3.63, 3.8) is 0 Å². The second-order valence-corrected chi connectivity index (χ2v) is 6.88. The highest BCUT2D eigenvalue weighted by atomic mass is 19.1. The Morgan fingerprint density at radius 3 is 2.62 bits per heavy atom. The van der Waals surface area contributed by atoms with E-state index >= 15 is 0 Å². The van der Waals surface area contributed by atoms with Gasteiger partial charge in [-0.15, -0.1) is 0 Å². The van der Waals surface area contributed by atoms with Crippen LogP contribution in [-0.4, -0.2) is 7.11 Å². The molecule has 0 spiro atoms. The predicted molar refractivity (Wildman–Crippen MR) is 99.2 cm³/mol. The van der Waals surface area contributed by atoms with E-state index in [4.69, 9.17) is 4.74 Å². The van der Waals surface area contributed by atoms with Crippen LogP contribution in [0.5, 0.6) is 5.75 Å². The first-order chi connectivity index (χ1) is 11.7. The van der Waals surface area contributed by atoms with E-state index in [0.29, 0.717) is 17.2 Å². The SMILES string of the molecule is CCC/C=C/C1CCC(c2ccc3cc(OC)ccc3c2F)CC1. The van der Waals surface area contributed by atoms with Gasteiger partial charge in [-0.2, -0.15) is 0 Å². The Morgan fingerprint density at radius 1 is 1.12 bits per heavy atom. The lowest BCUT2D eigenvalue weighted by molar-refractivity contribution is 0.368. The van der Waals surface area contributed by atoms with E-state index in [2.05, 4.69) is 19.1 Å². The summed E-state index contributed by atoms with van der Waals surface area (Å²) in [5.41, 5.74) is 0.892. The summed E-state index contributed by atoms with van der Waals surface area (Å²) in [6.07, 6.45) is 11.6. The van der Waals surface area contributed by atoms with Gasteiger partial charge >= 0.3 is 0 Å². The van der Waals surface area contributed by atoms with E-state index in [9.17, 15) is 4.39 Å². The Hall–Kier alpha value is -1.83. The van der Waals surface area contributed by atoms with Crippen LogP contribution in [0.3, 0.4) is 0 Å². The molecule has 0 saturated heterocycles. The maximum absolute atomic E-state index is 15.0. The lowest BCUT2D eigenvalue weighted by Crippen LogP contribution is -2.13. The van der Waals surface area contributed by atoms with Crippen LogP contribution in [0.15, 0.2) is 42.5 Å². The highest BCUT2D eigenvalue weighted by Gasteiger charge is 2.23. The fraction of sp³-hybridized carbons (Fsp3) is 0.455. The highest BCUT2D eigenvalue weighted by molar-refractivity contribution is 5.85. The van der Waals surface area contributed by atoms with E-state index in [1.807, 2.05) is 30.3 Å². The second-order valence-electron chi connectivity index (χ2n) is 6.88. The minimum absolute atomic E-state index is 0.0415. The summed E-state index contributed by atoms with van der Waals surface area (Å²) >= 11 is 0. The summed E-state index contributed by atoms with van der Waals surface area (Å²) in [6.45, 7) is 2.21. The molecule has 2 heteroatoms. The lowest BCUT2D eigenvalue weighted by atomic mass is 9.78. The average molecular weight is 326 g/mol. The van der Waals surface area contributed by atoms with Crippen LogP contribution >= 0.6 is 0 Å². The van der Waals surface area contributed by atoms with Crippen LogP contribution in [-0.2, 0) is 0 Å². The summed E-state index contributed by atoms with van der Waals surface area (Å²) in [5, 5.41) is 1.62. The first kappa shape index (κ1) is 17.0. The van der Waals surface area contributed by atoms with Gasteiger partial charge in [0.05, 0.1) is 7.11 Å². The molecular weight excluding hydrogens is 299 g/mol. The number of hydrogen-bond donors (Lipinski definition) is 0. The smallest absolute Gasteiger partial charge is 0.134 e. The van der Waals surface area contributed by atoms with Crippen molar-refractivity contribution in [1.29, 1.82) is 0 Å². The number of allylic oxidation sites excluding steroid dienone is 2. The van der Waals surface area contributed by atoms with Gasteiger partial charge < -0.3 is 4.74 Å². The van der Waals surface area contributed by atoms with Gasteiger partial charge in [0.25, 0.3) is 0 Å². The molecule has 0 aromatic heterocycles. The molecule has 3 rings (SSSR count). The molecule has 0 bridgehead atoms. The predicted octanol–water partition coefficient (Wildman–Crippen LogP) is 6.62. The van der Waals surface area contributed by atoms with Gasteiger partial charge in [0.2, 0.25) is 0 Å². The molecule has 1 aliphatic rings. The number of methoxy groups -OCH3 is 1. The Bertz CT molecular complexity index is 711. The Morgan fingerprint density at radius 2 is 1.92 bits per heavy atom. The summed E-state index contributed by atoms with van der Waals surface area (Å²) < 4.78 is 20.2. The molecule has 0 N–H and O–H groups in total. The molecular formula is C22H27FO. The third kappa shape index (κ3) is 3.63. The van der Waals surface area contributed by atoms with Crippen LogP contribution in [0.1, 0.15) is 56.9 Å². The van der Waals surface area contributed by atoms with Crippen LogP contribution in [0, 0.1) is 11.7 Å². The quantitative estimate of drug-likeness (QED) is 0.561. The van der Waals surface area contributed by atoms with Crippen LogP contribution in [0.25, 0.3) is 10.8 Å². The van der Waals surface area contributed by atoms with Crippen molar-refractivity contribution in [3.05, 3.63) is 53.9 Å². The molecule has 0 unspecified atom stereocenters. The third-order valence-corrected chi connectivity index (χ3v) is 5.27. The fourth-order valence-corrected chi connectivity index (χ4v) is 3.81. The number of hydrogen-bond acceptors (Lipinski definition) is 1. The molecule has 24 heavy (non-hydrogen) atoms. The number of unbranched alkanes of at least 4 members (excludes halogenated alkanes) is 1. The van der Waals surface area contributed by atoms with Crippen LogP contribution in [0.2, 0.25) is 0 Å². The molecule has 2 aromatic carbocycles. The number of ether oxygens (including phenoxy) is 1. The molecule has 0 radical (unpaired) electrons. The van der Waals surface area contributed by atoms with Gasteiger partial charge in [0.15, 0.2) is 0 Å². The molecule has 1 nitrogen and oxygen atoms in total. The monoisotopic (exact) mass is 326 g/mol. The lowest BCUT2D eigenvalue weighted by Gasteiger charge is -2.27.